The lowest BCUT2D eigenvalue weighted by Gasteiger charge is -2.14. The van der Waals surface area contributed by atoms with Crippen LogP contribution < -0.4 is 10.1 Å². The third kappa shape index (κ3) is 4.35. The first-order valence-corrected chi connectivity index (χ1v) is 7.58. The summed E-state index contributed by atoms with van der Waals surface area (Å²) in [6, 6.07) is 16.1. The van der Waals surface area contributed by atoms with Crippen molar-refractivity contribution in [3.05, 3.63) is 65.2 Å². The Balaban J connectivity index is 1.86. The largest absolute Gasteiger partial charge is 0.496 e. The fraction of sp³-hybridized carbons (Fsp3) is 0.316. The molecule has 0 radical (unpaired) electrons. The van der Waals surface area contributed by atoms with E-state index in [1.165, 1.54) is 0 Å². The zero-order valence-electron chi connectivity index (χ0n) is 13.4. The smallest absolute Gasteiger partial charge is 0.220 e. The van der Waals surface area contributed by atoms with Crippen molar-refractivity contribution in [3.63, 3.8) is 0 Å². The van der Waals surface area contributed by atoms with Crippen LogP contribution in [0, 0.1) is 6.92 Å². The highest BCUT2D eigenvalue weighted by atomic mass is 16.5. The Labute approximate surface area is 132 Å². The van der Waals surface area contributed by atoms with Gasteiger partial charge in [0.05, 0.1) is 13.2 Å². The molecule has 0 saturated heterocycles. The summed E-state index contributed by atoms with van der Waals surface area (Å²) in [7, 11) is 1.67. The van der Waals surface area contributed by atoms with Gasteiger partial charge in [-0.25, -0.2) is 0 Å². The van der Waals surface area contributed by atoms with Crippen LogP contribution in [0.4, 0.5) is 0 Å². The van der Waals surface area contributed by atoms with Gasteiger partial charge in [-0.15, -0.1) is 0 Å². The fourth-order valence-corrected chi connectivity index (χ4v) is 2.49. The van der Waals surface area contributed by atoms with Crippen molar-refractivity contribution in [2.45, 2.75) is 32.7 Å². The molecule has 116 valence electrons. The summed E-state index contributed by atoms with van der Waals surface area (Å²) < 4.78 is 5.25. The second kappa shape index (κ2) is 7.64. The van der Waals surface area contributed by atoms with Crippen LogP contribution in [0.3, 0.4) is 0 Å². The maximum atomic E-state index is 12.1. The van der Waals surface area contributed by atoms with Crippen molar-refractivity contribution in [2.24, 2.45) is 0 Å². The average molecular weight is 297 g/mol. The molecule has 0 aliphatic carbocycles. The third-order valence-electron chi connectivity index (χ3n) is 3.78. The van der Waals surface area contributed by atoms with Gasteiger partial charge in [-0.1, -0.05) is 42.5 Å². The minimum atomic E-state index is 0.0336. The molecular formula is C19H23NO2. The number of ether oxygens (including phenoxy) is 1. The molecule has 0 aromatic heterocycles. The molecule has 0 bridgehead atoms. The third-order valence-corrected chi connectivity index (χ3v) is 3.78. The van der Waals surface area contributed by atoms with Gasteiger partial charge in [0.25, 0.3) is 0 Å². The van der Waals surface area contributed by atoms with Gasteiger partial charge >= 0.3 is 0 Å². The highest BCUT2D eigenvalue weighted by Gasteiger charge is 2.09. The zero-order valence-corrected chi connectivity index (χ0v) is 13.4. The minimum absolute atomic E-state index is 0.0336. The molecule has 0 saturated carbocycles. The maximum absolute atomic E-state index is 12.1. The summed E-state index contributed by atoms with van der Waals surface area (Å²) in [5.41, 5.74) is 3.37. The number of benzene rings is 2. The second-order valence-electron chi connectivity index (χ2n) is 5.50. The Hall–Kier alpha value is -2.29. The van der Waals surface area contributed by atoms with E-state index in [0.717, 1.165) is 28.9 Å². The number of nitrogens with one attached hydrogen (secondary N) is 1. The lowest BCUT2D eigenvalue weighted by atomic mass is 10.1. The predicted octanol–water partition coefficient (Wildman–Crippen LogP) is 3.81. The quantitative estimate of drug-likeness (QED) is 0.880. The highest BCUT2D eigenvalue weighted by molar-refractivity contribution is 5.76. The Kier molecular flexibility index (Phi) is 5.59. The molecule has 2 aromatic carbocycles. The van der Waals surface area contributed by atoms with Crippen LogP contribution in [0.5, 0.6) is 5.75 Å². The summed E-state index contributed by atoms with van der Waals surface area (Å²) in [6.45, 7) is 4.02. The van der Waals surface area contributed by atoms with Crippen LogP contribution in [-0.2, 0) is 11.2 Å². The Morgan fingerprint density at radius 1 is 1.18 bits per heavy atom. The number of methoxy groups -OCH3 is 1. The van der Waals surface area contributed by atoms with E-state index in [0.29, 0.717) is 6.42 Å². The van der Waals surface area contributed by atoms with Crippen LogP contribution >= 0.6 is 0 Å². The van der Waals surface area contributed by atoms with Crippen molar-refractivity contribution in [1.82, 2.24) is 5.32 Å². The standard InChI is InChI=1S/C19H23NO2/c1-14-13-16(9-11-18(14)22-3)10-12-19(21)20-15(2)17-7-5-4-6-8-17/h4-9,11,13,15H,10,12H2,1-3H3,(H,20,21)/t15-/m1/s1. The normalized spacial score (nSPS) is 11.8. The number of hydrogen-bond acceptors (Lipinski definition) is 2. The summed E-state index contributed by atoms with van der Waals surface area (Å²) in [6.07, 6.45) is 1.22. The van der Waals surface area contributed by atoms with E-state index in [1.54, 1.807) is 7.11 Å². The summed E-state index contributed by atoms with van der Waals surface area (Å²) >= 11 is 0. The first kappa shape index (κ1) is 16.1. The zero-order chi connectivity index (χ0) is 15.9. The molecule has 0 spiro atoms. The highest BCUT2D eigenvalue weighted by Crippen LogP contribution is 2.19. The van der Waals surface area contributed by atoms with Crippen molar-refractivity contribution in [2.75, 3.05) is 7.11 Å². The van der Waals surface area contributed by atoms with Crippen molar-refractivity contribution in [1.29, 1.82) is 0 Å². The molecule has 0 aliphatic rings. The minimum Gasteiger partial charge on any atom is -0.496 e. The van der Waals surface area contributed by atoms with Crippen LogP contribution in [-0.4, -0.2) is 13.0 Å². The number of carbonyl (C=O) groups is 1. The summed E-state index contributed by atoms with van der Waals surface area (Å²) in [5.74, 6) is 0.954. The average Bonchev–Trinajstić information content (AvgIpc) is 2.54. The maximum Gasteiger partial charge on any atom is 0.220 e. The Bertz CT molecular complexity index is 623. The van der Waals surface area contributed by atoms with E-state index in [9.17, 15) is 4.79 Å². The molecule has 1 atom stereocenters. The van der Waals surface area contributed by atoms with Gasteiger partial charge in [-0.3, -0.25) is 4.79 Å². The molecule has 0 unspecified atom stereocenters. The fourth-order valence-electron chi connectivity index (χ4n) is 2.49. The number of hydrogen-bond donors (Lipinski definition) is 1. The SMILES string of the molecule is COc1ccc(CCC(=O)N[C@H](C)c2ccccc2)cc1C. The Morgan fingerprint density at radius 3 is 2.55 bits per heavy atom. The molecule has 2 rings (SSSR count). The lowest BCUT2D eigenvalue weighted by Crippen LogP contribution is -2.26. The molecule has 3 heteroatoms. The predicted molar refractivity (Wildman–Crippen MR) is 89.1 cm³/mol. The van der Waals surface area contributed by atoms with Gasteiger partial charge in [0.2, 0.25) is 5.91 Å². The lowest BCUT2D eigenvalue weighted by molar-refractivity contribution is -0.121. The summed E-state index contributed by atoms with van der Waals surface area (Å²) in [4.78, 5) is 12.1. The number of carbonyl (C=O) groups excluding carboxylic acids is 1. The molecule has 0 fully saturated rings. The monoisotopic (exact) mass is 297 g/mol. The molecule has 0 aliphatic heterocycles. The molecule has 0 heterocycles. The number of aryl methyl sites for hydroxylation is 2. The van der Waals surface area contributed by atoms with Crippen molar-refractivity contribution < 1.29 is 9.53 Å². The summed E-state index contributed by atoms with van der Waals surface area (Å²) in [5, 5.41) is 3.04. The van der Waals surface area contributed by atoms with Gasteiger partial charge in [0.1, 0.15) is 5.75 Å². The van der Waals surface area contributed by atoms with E-state index >= 15 is 0 Å². The second-order valence-corrected chi connectivity index (χ2v) is 5.50. The van der Waals surface area contributed by atoms with Gasteiger partial charge < -0.3 is 10.1 Å². The van der Waals surface area contributed by atoms with E-state index in [-0.39, 0.29) is 11.9 Å². The first-order chi connectivity index (χ1) is 10.6. The molecule has 22 heavy (non-hydrogen) atoms. The number of rotatable bonds is 6. The van der Waals surface area contributed by atoms with E-state index < -0.39 is 0 Å². The van der Waals surface area contributed by atoms with E-state index in [4.69, 9.17) is 4.74 Å². The van der Waals surface area contributed by atoms with Crippen molar-refractivity contribution >= 4 is 5.91 Å². The van der Waals surface area contributed by atoms with Crippen molar-refractivity contribution in [3.8, 4) is 5.75 Å². The van der Waals surface area contributed by atoms with Gasteiger partial charge in [-0.2, -0.15) is 0 Å². The molecule has 1 amide bonds. The van der Waals surface area contributed by atoms with Crippen LogP contribution in [0.1, 0.15) is 36.1 Å². The molecule has 2 aromatic rings. The van der Waals surface area contributed by atoms with Gasteiger partial charge in [-0.05, 0) is 43.0 Å². The molecule has 3 nitrogen and oxygen atoms in total. The Morgan fingerprint density at radius 2 is 1.91 bits per heavy atom. The van der Waals surface area contributed by atoms with Gasteiger partial charge in [0, 0.05) is 6.42 Å². The number of amides is 1. The van der Waals surface area contributed by atoms with E-state index in [1.807, 2.05) is 56.3 Å². The van der Waals surface area contributed by atoms with Crippen LogP contribution in [0.2, 0.25) is 0 Å². The topological polar surface area (TPSA) is 38.3 Å². The molecular weight excluding hydrogens is 274 g/mol. The van der Waals surface area contributed by atoms with Crippen LogP contribution in [0.15, 0.2) is 48.5 Å². The van der Waals surface area contributed by atoms with Crippen LogP contribution in [0.25, 0.3) is 0 Å². The molecule has 1 N–H and O–H groups in total. The van der Waals surface area contributed by atoms with E-state index in [2.05, 4.69) is 11.4 Å². The van der Waals surface area contributed by atoms with Gasteiger partial charge in [0.15, 0.2) is 0 Å². The first-order valence-electron chi connectivity index (χ1n) is 7.58.